The molecule has 1 N–H and O–H groups in total. The Morgan fingerprint density at radius 1 is 1.47 bits per heavy atom. The third kappa shape index (κ3) is 4.49. The van der Waals surface area contributed by atoms with E-state index in [1.165, 1.54) is 12.8 Å². The minimum atomic E-state index is -0.0461. The number of likely N-dealkylation sites (N-methyl/N-ethyl adjacent to an activating group) is 1. The molecule has 1 rings (SSSR count). The van der Waals surface area contributed by atoms with Gasteiger partial charge in [0.25, 0.3) is 0 Å². The smallest absolute Gasteiger partial charge is 0.0808 e. The van der Waals surface area contributed by atoms with Crippen molar-refractivity contribution in [3.05, 3.63) is 0 Å². The van der Waals surface area contributed by atoms with Crippen LogP contribution in [0.2, 0.25) is 0 Å². The summed E-state index contributed by atoms with van der Waals surface area (Å²) in [6.07, 6.45) is 4.99. The topological polar surface area (TPSA) is 30.5 Å². The van der Waals surface area contributed by atoms with Gasteiger partial charge in [0.2, 0.25) is 0 Å². The summed E-state index contributed by atoms with van der Waals surface area (Å²) >= 11 is 0. The van der Waals surface area contributed by atoms with E-state index in [9.17, 15) is 0 Å². The zero-order valence-corrected chi connectivity index (χ0v) is 10.3. The third-order valence-corrected chi connectivity index (χ3v) is 3.19. The van der Waals surface area contributed by atoms with Gasteiger partial charge < -0.3 is 14.8 Å². The molecule has 0 amide bonds. The fourth-order valence-electron chi connectivity index (χ4n) is 1.89. The van der Waals surface area contributed by atoms with Crippen molar-refractivity contribution in [2.24, 2.45) is 0 Å². The lowest BCUT2D eigenvalue weighted by Gasteiger charge is -2.31. The molecule has 3 nitrogen and oxygen atoms in total. The maximum atomic E-state index is 5.97. The van der Waals surface area contributed by atoms with Crippen LogP contribution in [0.25, 0.3) is 0 Å². The van der Waals surface area contributed by atoms with Gasteiger partial charge in [-0.1, -0.05) is 6.92 Å². The molecule has 90 valence electrons. The summed E-state index contributed by atoms with van der Waals surface area (Å²) in [6.45, 7) is 6.87. The molecule has 0 radical (unpaired) electrons. The van der Waals surface area contributed by atoms with Gasteiger partial charge in [0.15, 0.2) is 0 Å². The predicted octanol–water partition coefficient (Wildman–Crippen LogP) is 1.96. The normalized spacial score (nSPS) is 26.2. The highest BCUT2D eigenvalue weighted by Crippen LogP contribution is 2.18. The minimum absolute atomic E-state index is 0.0461. The van der Waals surface area contributed by atoms with E-state index in [4.69, 9.17) is 9.47 Å². The summed E-state index contributed by atoms with van der Waals surface area (Å²) < 4.78 is 11.6. The molecule has 3 heteroatoms. The van der Waals surface area contributed by atoms with Crippen LogP contribution >= 0.6 is 0 Å². The molecule has 0 aromatic rings. The van der Waals surface area contributed by atoms with Crippen LogP contribution in [0.5, 0.6) is 0 Å². The van der Waals surface area contributed by atoms with Gasteiger partial charge >= 0.3 is 0 Å². The van der Waals surface area contributed by atoms with E-state index in [1.54, 1.807) is 0 Å². The summed E-state index contributed by atoms with van der Waals surface area (Å²) in [6, 6.07) is 0. The van der Waals surface area contributed by atoms with Gasteiger partial charge in [0, 0.05) is 13.2 Å². The van der Waals surface area contributed by atoms with E-state index >= 15 is 0 Å². The van der Waals surface area contributed by atoms with Crippen LogP contribution in [0, 0.1) is 0 Å². The van der Waals surface area contributed by atoms with Crippen molar-refractivity contribution >= 4 is 0 Å². The molecule has 1 aliphatic rings. The summed E-state index contributed by atoms with van der Waals surface area (Å²) in [5, 5.41) is 3.18. The summed E-state index contributed by atoms with van der Waals surface area (Å²) in [5.41, 5.74) is -0.0461. The standard InChI is InChI=1S/C12H25NO2/c1-4-12(2,10-13-3)15-9-11-7-5-6-8-14-11/h11,13H,4-10H2,1-3H3. The lowest BCUT2D eigenvalue weighted by molar-refractivity contribution is -0.0996. The highest BCUT2D eigenvalue weighted by atomic mass is 16.5. The van der Waals surface area contributed by atoms with E-state index in [2.05, 4.69) is 19.2 Å². The first-order chi connectivity index (χ1) is 7.20. The molecular weight excluding hydrogens is 190 g/mol. The largest absolute Gasteiger partial charge is 0.376 e. The Hall–Kier alpha value is -0.120. The number of hydrogen-bond acceptors (Lipinski definition) is 3. The molecule has 2 unspecified atom stereocenters. The zero-order valence-electron chi connectivity index (χ0n) is 10.3. The van der Waals surface area contributed by atoms with Gasteiger partial charge in [-0.05, 0) is 39.7 Å². The lowest BCUT2D eigenvalue weighted by atomic mass is 10.0. The zero-order chi connectivity index (χ0) is 11.1. The van der Waals surface area contributed by atoms with E-state index < -0.39 is 0 Å². The second kappa shape index (κ2) is 6.46. The molecule has 0 bridgehead atoms. The van der Waals surface area contributed by atoms with Gasteiger partial charge in [0.1, 0.15) is 0 Å². The van der Waals surface area contributed by atoms with Crippen LogP contribution in [0.1, 0.15) is 39.5 Å². The van der Waals surface area contributed by atoms with Crippen LogP contribution in [0.4, 0.5) is 0 Å². The van der Waals surface area contributed by atoms with Crippen molar-refractivity contribution in [3.63, 3.8) is 0 Å². The molecule has 0 saturated carbocycles. The van der Waals surface area contributed by atoms with Crippen molar-refractivity contribution in [1.82, 2.24) is 5.32 Å². The van der Waals surface area contributed by atoms with Crippen molar-refractivity contribution < 1.29 is 9.47 Å². The van der Waals surface area contributed by atoms with Crippen molar-refractivity contribution in [2.45, 2.75) is 51.2 Å². The molecule has 2 atom stereocenters. The SMILES string of the molecule is CCC(C)(CNC)OCC1CCCCO1. The van der Waals surface area contributed by atoms with E-state index in [1.807, 2.05) is 7.05 Å². The number of rotatable bonds is 6. The Labute approximate surface area is 93.5 Å². The van der Waals surface area contributed by atoms with Gasteiger partial charge in [-0.15, -0.1) is 0 Å². The summed E-state index contributed by atoms with van der Waals surface area (Å²) in [4.78, 5) is 0. The molecule has 15 heavy (non-hydrogen) atoms. The third-order valence-electron chi connectivity index (χ3n) is 3.19. The van der Waals surface area contributed by atoms with Gasteiger partial charge in [-0.2, -0.15) is 0 Å². The van der Waals surface area contributed by atoms with Crippen LogP contribution in [-0.2, 0) is 9.47 Å². The molecule has 0 aromatic heterocycles. The maximum Gasteiger partial charge on any atom is 0.0808 e. The summed E-state index contributed by atoms with van der Waals surface area (Å²) in [7, 11) is 1.97. The quantitative estimate of drug-likeness (QED) is 0.734. The Morgan fingerprint density at radius 2 is 2.27 bits per heavy atom. The van der Waals surface area contributed by atoms with E-state index in [0.717, 1.165) is 32.6 Å². The van der Waals surface area contributed by atoms with Crippen molar-refractivity contribution in [2.75, 3.05) is 26.8 Å². The molecule has 1 aliphatic heterocycles. The van der Waals surface area contributed by atoms with Crippen LogP contribution in [0.15, 0.2) is 0 Å². The highest BCUT2D eigenvalue weighted by Gasteiger charge is 2.24. The van der Waals surface area contributed by atoms with Crippen LogP contribution in [0.3, 0.4) is 0 Å². The fourth-order valence-corrected chi connectivity index (χ4v) is 1.89. The van der Waals surface area contributed by atoms with E-state index in [-0.39, 0.29) is 5.60 Å². The van der Waals surface area contributed by atoms with E-state index in [0.29, 0.717) is 6.10 Å². The van der Waals surface area contributed by atoms with Gasteiger partial charge in [0.05, 0.1) is 18.3 Å². The Balaban J connectivity index is 2.25. The van der Waals surface area contributed by atoms with Gasteiger partial charge in [-0.3, -0.25) is 0 Å². The fraction of sp³-hybridized carbons (Fsp3) is 1.00. The first-order valence-corrected chi connectivity index (χ1v) is 6.10. The predicted molar refractivity (Wildman–Crippen MR) is 62.2 cm³/mol. The molecule has 0 spiro atoms. The van der Waals surface area contributed by atoms with Crippen molar-refractivity contribution in [3.8, 4) is 0 Å². The summed E-state index contributed by atoms with van der Waals surface area (Å²) in [5.74, 6) is 0. The van der Waals surface area contributed by atoms with Crippen LogP contribution in [-0.4, -0.2) is 38.5 Å². The van der Waals surface area contributed by atoms with Crippen LogP contribution < -0.4 is 5.32 Å². The Kier molecular flexibility index (Phi) is 5.58. The monoisotopic (exact) mass is 215 g/mol. The molecule has 1 saturated heterocycles. The molecule has 1 fully saturated rings. The highest BCUT2D eigenvalue weighted by molar-refractivity contribution is 4.76. The molecular formula is C12H25NO2. The molecule has 0 aliphatic carbocycles. The Morgan fingerprint density at radius 3 is 2.80 bits per heavy atom. The minimum Gasteiger partial charge on any atom is -0.376 e. The first-order valence-electron chi connectivity index (χ1n) is 6.10. The van der Waals surface area contributed by atoms with Gasteiger partial charge in [-0.25, -0.2) is 0 Å². The maximum absolute atomic E-state index is 5.97. The first kappa shape index (κ1) is 12.9. The lowest BCUT2D eigenvalue weighted by Crippen LogP contribution is -2.41. The average Bonchev–Trinajstić information content (AvgIpc) is 2.28. The second-order valence-corrected chi connectivity index (χ2v) is 4.63. The number of ether oxygens (including phenoxy) is 2. The van der Waals surface area contributed by atoms with Crippen molar-refractivity contribution in [1.29, 1.82) is 0 Å². The number of hydrogen-bond donors (Lipinski definition) is 1. The molecule has 1 heterocycles. The molecule has 0 aromatic carbocycles. The Bertz CT molecular complexity index is 169. The average molecular weight is 215 g/mol. The second-order valence-electron chi connectivity index (χ2n) is 4.63. The number of nitrogens with one attached hydrogen (secondary N) is 1.